The van der Waals surface area contributed by atoms with Gasteiger partial charge in [-0.15, -0.1) is 11.3 Å². The second-order valence-electron chi connectivity index (χ2n) is 6.75. The number of carbonyl (C=O) groups is 1. The average molecular weight is 345 g/mol. The van der Waals surface area contributed by atoms with Crippen LogP contribution in [-0.2, 0) is 41.6 Å². The first-order valence-corrected chi connectivity index (χ1v) is 9.52. The van der Waals surface area contributed by atoms with Crippen molar-refractivity contribution in [1.29, 1.82) is 0 Å². The molecule has 5 nitrogen and oxygen atoms in total. The summed E-state index contributed by atoms with van der Waals surface area (Å²) in [7, 11) is 1.97. The summed E-state index contributed by atoms with van der Waals surface area (Å²) in [4.78, 5) is 14.2. The number of nitrogens with zero attached hydrogens (tertiary/aromatic N) is 2. The van der Waals surface area contributed by atoms with Crippen molar-refractivity contribution in [2.45, 2.75) is 50.7 Å². The molecule has 3 heterocycles. The van der Waals surface area contributed by atoms with E-state index in [2.05, 4.69) is 21.9 Å². The number of aromatic nitrogens is 2. The smallest absolute Gasteiger partial charge is 0.231 e. The fourth-order valence-corrected chi connectivity index (χ4v) is 5.06. The molecule has 1 fully saturated rings. The van der Waals surface area contributed by atoms with Gasteiger partial charge in [0.25, 0.3) is 0 Å². The molecule has 1 aliphatic heterocycles. The third-order valence-electron chi connectivity index (χ3n) is 5.39. The van der Waals surface area contributed by atoms with Crippen molar-refractivity contribution < 1.29 is 9.53 Å². The van der Waals surface area contributed by atoms with E-state index in [9.17, 15) is 4.79 Å². The number of ether oxygens (including phenoxy) is 1. The first-order chi connectivity index (χ1) is 11.7. The first-order valence-electron chi connectivity index (χ1n) is 8.64. The number of amides is 1. The molecule has 2 aliphatic rings. The van der Waals surface area contributed by atoms with E-state index < -0.39 is 0 Å². The van der Waals surface area contributed by atoms with E-state index in [0.717, 1.165) is 50.0 Å². The summed E-state index contributed by atoms with van der Waals surface area (Å²) in [5.74, 6) is 0.151. The molecule has 0 unspecified atom stereocenters. The van der Waals surface area contributed by atoms with E-state index in [1.807, 2.05) is 17.8 Å². The molecule has 0 radical (unpaired) electrons. The highest BCUT2D eigenvalue weighted by Crippen LogP contribution is 2.43. The molecule has 0 atom stereocenters. The van der Waals surface area contributed by atoms with Gasteiger partial charge in [0.1, 0.15) is 0 Å². The standard InChI is InChI=1S/C18H23N3O2S/c1-21-15-6-9-23-12-13(15)14(20-21)11-19-17(22)18(7-2-3-8-18)16-5-4-10-24-16/h4-5,10H,2-3,6-9,11-12H2,1H3,(H,19,22). The number of nitrogens with one attached hydrogen (secondary N) is 1. The minimum Gasteiger partial charge on any atom is -0.376 e. The van der Waals surface area contributed by atoms with E-state index in [1.54, 1.807) is 11.3 Å². The second-order valence-corrected chi connectivity index (χ2v) is 7.70. The van der Waals surface area contributed by atoms with Crippen molar-refractivity contribution in [3.05, 3.63) is 39.3 Å². The molecular weight excluding hydrogens is 322 g/mol. The normalized spacial score (nSPS) is 19.2. The van der Waals surface area contributed by atoms with Crippen LogP contribution in [-0.4, -0.2) is 22.3 Å². The highest BCUT2D eigenvalue weighted by Gasteiger charge is 2.43. The fraction of sp³-hybridized carbons (Fsp3) is 0.556. The molecular formula is C18H23N3O2S. The maximum atomic E-state index is 13.0. The van der Waals surface area contributed by atoms with Crippen LogP contribution < -0.4 is 5.32 Å². The van der Waals surface area contributed by atoms with Gasteiger partial charge in [0, 0.05) is 29.6 Å². The molecule has 2 aromatic heterocycles. The molecule has 4 rings (SSSR count). The van der Waals surface area contributed by atoms with Gasteiger partial charge in [-0.05, 0) is 24.3 Å². The van der Waals surface area contributed by atoms with Crippen LogP contribution in [0.2, 0.25) is 0 Å². The maximum Gasteiger partial charge on any atom is 0.231 e. The van der Waals surface area contributed by atoms with Crippen LogP contribution in [0.3, 0.4) is 0 Å². The zero-order chi connectivity index (χ0) is 16.6. The summed E-state index contributed by atoms with van der Waals surface area (Å²) in [5.41, 5.74) is 3.00. The zero-order valence-electron chi connectivity index (χ0n) is 14.0. The van der Waals surface area contributed by atoms with Gasteiger partial charge in [-0.25, -0.2) is 0 Å². The largest absolute Gasteiger partial charge is 0.376 e. The van der Waals surface area contributed by atoms with E-state index in [0.29, 0.717) is 13.2 Å². The molecule has 1 aliphatic carbocycles. The van der Waals surface area contributed by atoms with Gasteiger partial charge in [0.05, 0.1) is 30.9 Å². The van der Waals surface area contributed by atoms with Crippen LogP contribution in [0.5, 0.6) is 0 Å². The van der Waals surface area contributed by atoms with E-state index in [-0.39, 0.29) is 11.3 Å². The van der Waals surface area contributed by atoms with Crippen molar-refractivity contribution in [3.8, 4) is 0 Å². The highest BCUT2D eigenvalue weighted by atomic mass is 32.1. The van der Waals surface area contributed by atoms with Crippen molar-refractivity contribution in [2.75, 3.05) is 6.61 Å². The summed E-state index contributed by atoms with van der Waals surface area (Å²) >= 11 is 1.70. The Kier molecular flexibility index (Phi) is 4.18. The van der Waals surface area contributed by atoms with Gasteiger partial charge in [-0.2, -0.15) is 5.10 Å². The van der Waals surface area contributed by atoms with Gasteiger partial charge in [-0.3, -0.25) is 9.48 Å². The number of hydrogen-bond donors (Lipinski definition) is 1. The maximum absolute atomic E-state index is 13.0. The van der Waals surface area contributed by atoms with E-state index >= 15 is 0 Å². The first kappa shape index (κ1) is 15.8. The van der Waals surface area contributed by atoms with Gasteiger partial charge in [-0.1, -0.05) is 18.9 Å². The predicted molar refractivity (Wildman–Crippen MR) is 92.9 cm³/mol. The molecule has 128 valence electrons. The SMILES string of the molecule is Cn1nc(CNC(=O)C2(c3cccs3)CCCC2)c2c1CCOC2. The van der Waals surface area contributed by atoms with Crippen LogP contribution in [0, 0.1) is 0 Å². The molecule has 1 N–H and O–H groups in total. The average Bonchev–Trinajstić information content (AvgIpc) is 3.34. The van der Waals surface area contributed by atoms with Crippen LogP contribution >= 0.6 is 11.3 Å². The monoisotopic (exact) mass is 345 g/mol. The highest BCUT2D eigenvalue weighted by molar-refractivity contribution is 7.10. The third-order valence-corrected chi connectivity index (χ3v) is 6.46. The van der Waals surface area contributed by atoms with Crippen molar-refractivity contribution >= 4 is 17.2 Å². The molecule has 0 spiro atoms. The molecule has 6 heteroatoms. The zero-order valence-corrected chi connectivity index (χ0v) is 14.8. The molecule has 0 bridgehead atoms. The minimum atomic E-state index is -0.334. The van der Waals surface area contributed by atoms with Gasteiger partial charge >= 0.3 is 0 Å². The quantitative estimate of drug-likeness (QED) is 0.927. The summed E-state index contributed by atoms with van der Waals surface area (Å²) in [6.07, 6.45) is 5.04. The molecule has 0 saturated heterocycles. The summed E-state index contributed by atoms with van der Waals surface area (Å²) in [6, 6.07) is 4.14. The predicted octanol–water partition coefficient (Wildman–Crippen LogP) is 2.68. The number of fused-ring (bicyclic) bond motifs is 1. The van der Waals surface area contributed by atoms with Crippen LogP contribution in [0.25, 0.3) is 0 Å². The number of hydrogen-bond acceptors (Lipinski definition) is 4. The molecule has 0 aromatic carbocycles. The summed E-state index contributed by atoms with van der Waals surface area (Å²) < 4.78 is 7.51. The minimum absolute atomic E-state index is 0.151. The number of aryl methyl sites for hydroxylation is 1. The molecule has 1 saturated carbocycles. The van der Waals surface area contributed by atoms with Crippen molar-refractivity contribution in [2.24, 2.45) is 7.05 Å². The van der Waals surface area contributed by atoms with E-state index in [4.69, 9.17) is 4.74 Å². The lowest BCUT2D eigenvalue weighted by Gasteiger charge is -2.26. The Balaban J connectivity index is 1.52. The fourth-order valence-electron chi connectivity index (χ4n) is 4.08. The number of carbonyl (C=O) groups excluding carboxylic acids is 1. The number of thiophene rings is 1. The third kappa shape index (κ3) is 2.58. The molecule has 1 amide bonds. The second kappa shape index (κ2) is 6.33. The van der Waals surface area contributed by atoms with Gasteiger partial charge in [0.15, 0.2) is 0 Å². The molecule has 24 heavy (non-hydrogen) atoms. The lowest BCUT2D eigenvalue weighted by Crippen LogP contribution is -2.42. The lowest BCUT2D eigenvalue weighted by atomic mass is 9.83. The van der Waals surface area contributed by atoms with Crippen molar-refractivity contribution in [3.63, 3.8) is 0 Å². The van der Waals surface area contributed by atoms with Gasteiger partial charge in [0.2, 0.25) is 5.91 Å². The number of rotatable bonds is 4. The van der Waals surface area contributed by atoms with Crippen LogP contribution in [0.15, 0.2) is 17.5 Å². The molecule has 2 aromatic rings. The topological polar surface area (TPSA) is 56.2 Å². The van der Waals surface area contributed by atoms with Crippen molar-refractivity contribution in [1.82, 2.24) is 15.1 Å². The Morgan fingerprint density at radius 1 is 1.46 bits per heavy atom. The van der Waals surface area contributed by atoms with Crippen LogP contribution in [0.4, 0.5) is 0 Å². The van der Waals surface area contributed by atoms with Gasteiger partial charge < -0.3 is 10.1 Å². The Bertz CT molecular complexity index is 730. The van der Waals surface area contributed by atoms with Crippen LogP contribution in [0.1, 0.15) is 47.5 Å². The summed E-state index contributed by atoms with van der Waals surface area (Å²) in [6.45, 7) is 1.84. The van der Waals surface area contributed by atoms with E-state index in [1.165, 1.54) is 10.6 Å². The lowest BCUT2D eigenvalue weighted by molar-refractivity contribution is -0.126. The Labute approximate surface area is 146 Å². The Hall–Kier alpha value is -1.66. The Morgan fingerprint density at radius 2 is 2.29 bits per heavy atom. The Morgan fingerprint density at radius 3 is 3.04 bits per heavy atom. The summed E-state index contributed by atoms with van der Waals surface area (Å²) in [5, 5.41) is 9.84.